The smallest absolute Gasteiger partial charge is 0.282 e. The molecule has 1 heterocycles. The Balaban J connectivity index is 1.36. The molecule has 5 nitrogen and oxygen atoms in total. The summed E-state index contributed by atoms with van der Waals surface area (Å²) in [5.74, 6) is 1.01. The highest BCUT2D eigenvalue weighted by molar-refractivity contribution is 5.96. The van der Waals surface area contributed by atoms with Crippen LogP contribution in [0.3, 0.4) is 0 Å². The second-order valence-corrected chi connectivity index (χ2v) is 7.82. The van der Waals surface area contributed by atoms with Crippen molar-refractivity contribution in [2.45, 2.75) is 19.9 Å². The van der Waals surface area contributed by atoms with Crippen LogP contribution in [-0.2, 0) is 4.79 Å². The van der Waals surface area contributed by atoms with Gasteiger partial charge in [0.2, 0.25) is 0 Å². The van der Waals surface area contributed by atoms with Crippen molar-refractivity contribution in [1.29, 1.82) is 0 Å². The van der Waals surface area contributed by atoms with Crippen molar-refractivity contribution in [1.82, 2.24) is 0 Å². The van der Waals surface area contributed by atoms with E-state index in [0.29, 0.717) is 6.61 Å². The average Bonchev–Trinajstić information content (AvgIpc) is 2.79. The van der Waals surface area contributed by atoms with E-state index in [9.17, 15) is 4.79 Å². The van der Waals surface area contributed by atoms with Crippen molar-refractivity contribution >= 4 is 28.1 Å². The summed E-state index contributed by atoms with van der Waals surface area (Å²) in [6, 6.07) is 22.4. The Kier molecular flexibility index (Phi) is 6.19. The van der Waals surface area contributed by atoms with Gasteiger partial charge in [-0.25, -0.2) is 0 Å². The molecule has 0 radical (unpaired) electrons. The number of hydrogen-bond acceptors (Lipinski definition) is 3. The normalized spacial score (nSPS) is 15.7. The topological polar surface area (TPSA) is 46.0 Å². The lowest BCUT2D eigenvalue weighted by atomic mass is 10.1. The van der Waals surface area contributed by atoms with Crippen LogP contribution in [0.15, 0.2) is 66.7 Å². The molecule has 0 saturated carbocycles. The minimum Gasteiger partial charge on any atom is -0.492 e. The largest absolute Gasteiger partial charge is 0.492 e. The quantitative estimate of drug-likeness (QED) is 0.664. The molecule has 1 aliphatic heterocycles. The van der Waals surface area contributed by atoms with Crippen molar-refractivity contribution in [3.8, 4) is 5.75 Å². The number of hydrogen-bond donors (Lipinski definition) is 2. The molecule has 0 unspecified atom stereocenters. The van der Waals surface area contributed by atoms with Gasteiger partial charge in [-0.05, 0) is 48.9 Å². The molecule has 0 aromatic heterocycles. The lowest BCUT2D eigenvalue weighted by molar-refractivity contribution is -0.914. The van der Waals surface area contributed by atoms with Crippen LogP contribution in [0.4, 0.5) is 11.4 Å². The molecule has 0 spiro atoms. The number of para-hydroxylation sites is 2. The Morgan fingerprint density at radius 3 is 2.50 bits per heavy atom. The van der Waals surface area contributed by atoms with Crippen LogP contribution in [0.1, 0.15) is 13.8 Å². The van der Waals surface area contributed by atoms with Gasteiger partial charge in [0.1, 0.15) is 5.75 Å². The molecule has 1 saturated heterocycles. The summed E-state index contributed by atoms with van der Waals surface area (Å²) in [5, 5.41) is 5.42. The number of rotatable bonds is 6. The molecule has 1 atom stereocenters. The van der Waals surface area contributed by atoms with Gasteiger partial charge < -0.3 is 19.9 Å². The first-order chi connectivity index (χ1) is 14.7. The predicted octanol–water partition coefficient (Wildman–Crippen LogP) is 2.97. The molecule has 2 N–H and O–H groups in total. The fourth-order valence-electron chi connectivity index (χ4n) is 4.17. The van der Waals surface area contributed by atoms with E-state index in [4.69, 9.17) is 4.74 Å². The maximum absolute atomic E-state index is 12.9. The molecular formula is C25H30N3O2+. The number of benzene rings is 3. The molecule has 0 aliphatic carbocycles. The number of piperazine rings is 1. The first-order valence-electron chi connectivity index (χ1n) is 10.8. The summed E-state index contributed by atoms with van der Waals surface area (Å²) in [5.41, 5.74) is 2.00. The predicted molar refractivity (Wildman–Crippen MR) is 123 cm³/mol. The number of amides is 1. The minimum absolute atomic E-state index is 0.0726. The molecule has 0 bridgehead atoms. The molecule has 156 valence electrons. The second kappa shape index (κ2) is 9.18. The zero-order valence-electron chi connectivity index (χ0n) is 17.7. The Hall–Kier alpha value is -3.05. The van der Waals surface area contributed by atoms with Gasteiger partial charge in [-0.15, -0.1) is 0 Å². The van der Waals surface area contributed by atoms with E-state index >= 15 is 0 Å². The van der Waals surface area contributed by atoms with Crippen LogP contribution in [0.2, 0.25) is 0 Å². The summed E-state index contributed by atoms with van der Waals surface area (Å²) < 4.78 is 5.79. The third-order valence-electron chi connectivity index (χ3n) is 5.93. The van der Waals surface area contributed by atoms with Gasteiger partial charge in [-0.2, -0.15) is 0 Å². The van der Waals surface area contributed by atoms with Crippen LogP contribution in [0.5, 0.6) is 5.75 Å². The van der Waals surface area contributed by atoms with E-state index in [1.165, 1.54) is 10.3 Å². The Morgan fingerprint density at radius 1 is 1.03 bits per heavy atom. The van der Waals surface area contributed by atoms with Gasteiger partial charge in [0.25, 0.3) is 5.91 Å². The summed E-state index contributed by atoms with van der Waals surface area (Å²) in [6.07, 6.45) is 0. The summed E-state index contributed by atoms with van der Waals surface area (Å²) >= 11 is 0. The van der Waals surface area contributed by atoms with Crippen LogP contribution >= 0.6 is 0 Å². The van der Waals surface area contributed by atoms with Crippen LogP contribution < -0.4 is 19.9 Å². The summed E-state index contributed by atoms with van der Waals surface area (Å²) in [4.78, 5) is 16.6. The highest BCUT2D eigenvalue weighted by Crippen LogP contribution is 2.27. The maximum atomic E-state index is 12.9. The summed E-state index contributed by atoms with van der Waals surface area (Å²) in [7, 11) is 0. The van der Waals surface area contributed by atoms with Crippen molar-refractivity contribution in [2.75, 3.05) is 43.0 Å². The average molecular weight is 405 g/mol. The van der Waals surface area contributed by atoms with Gasteiger partial charge in [0.05, 0.1) is 38.5 Å². The number of carbonyl (C=O) groups is 1. The van der Waals surface area contributed by atoms with Gasteiger partial charge in [-0.1, -0.05) is 42.5 Å². The highest BCUT2D eigenvalue weighted by Gasteiger charge is 2.30. The van der Waals surface area contributed by atoms with Crippen LogP contribution in [0, 0.1) is 0 Å². The fraction of sp³-hybridized carbons (Fsp3) is 0.320. The first kappa shape index (κ1) is 20.2. The number of nitrogens with zero attached hydrogens (tertiary/aromatic N) is 1. The van der Waals surface area contributed by atoms with E-state index in [-0.39, 0.29) is 11.9 Å². The molecule has 30 heavy (non-hydrogen) atoms. The molecule has 3 aromatic rings. The monoisotopic (exact) mass is 404 g/mol. The first-order valence-corrected chi connectivity index (χ1v) is 10.8. The zero-order valence-corrected chi connectivity index (χ0v) is 17.7. The van der Waals surface area contributed by atoms with Gasteiger partial charge in [0.15, 0.2) is 6.04 Å². The van der Waals surface area contributed by atoms with E-state index in [1.807, 2.05) is 50.2 Å². The van der Waals surface area contributed by atoms with Gasteiger partial charge >= 0.3 is 0 Å². The molecule has 1 aliphatic rings. The maximum Gasteiger partial charge on any atom is 0.282 e. The number of carbonyl (C=O) groups excluding carboxylic acids is 1. The molecule has 4 rings (SSSR count). The van der Waals surface area contributed by atoms with Crippen LogP contribution in [0.25, 0.3) is 10.8 Å². The lowest BCUT2D eigenvalue weighted by Crippen LogP contribution is -3.19. The van der Waals surface area contributed by atoms with E-state index in [1.54, 1.807) is 0 Å². The molecule has 1 fully saturated rings. The Labute approximate surface area is 178 Å². The lowest BCUT2D eigenvalue weighted by Gasteiger charge is -2.36. The van der Waals surface area contributed by atoms with E-state index in [0.717, 1.165) is 48.7 Å². The SMILES string of the molecule is CCOc1ccccc1N1CC[NH+]([C@H](C)C(=O)Nc2ccc3ccccc3c2)CC1. The Bertz CT molecular complexity index is 1010. The van der Waals surface area contributed by atoms with E-state index in [2.05, 4.69) is 40.5 Å². The van der Waals surface area contributed by atoms with Gasteiger partial charge in [0, 0.05) is 5.69 Å². The number of nitrogens with one attached hydrogen (secondary N) is 2. The van der Waals surface area contributed by atoms with Gasteiger partial charge in [-0.3, -0.25) is 4.79 Å². The molecular weight excluding hydrogens is 374 g/mol. The molecule has 5 heteroatoms. The number of quaternary nitrogens is 1. The molecule has 1 amide bonds. The van der Waals surface area contributed by atoms with Crippen LogP contribution in [-0.4, -0.2) is 44.7 Å². The summed E-state index contributed by atoms with van der Waals surface area (Å²) in [6.45, 7) is 8.36. The fourth-order valence-corrected chi connectivity index (χ4v) is 4.17. The minimum atomic E-state index is -0.0965. The third kappa shape index (κ3) is 4.41. The van der Waals surface area contributed by atoms with E-state index < -0.39 is 0 Å². The number of anilines is 2. The highest BCUT2D eigenvalue weighted by atomic mass is 16.5. The standard InChI is InChI=1S/C25H29N3O2/c1-3-30-24-11-7-6-10-23(24)28-16-14-27(15-17-28)19(2)25(29)26-22-13-12-20-8-4-5-9-21(20)18-22/h4-13,18-19H,3,14-17H2,1-2H3,(H,26,29)/p+1/t19-/m1/s1. The van der Waals surface area contributed by atoms with Crippen molar-refractivity contribution in [3.05, 3.63) is 66.7 Å². The molecule has 3 aromatic carbocycles. The van der Waals surface area contributed by atoms with Crippen molar-refractivity contribution in [2.24, 2.45) is 0 Å². The number of ether oxygens (including phenoxy) is 1. The Morgan fingerprint density at radius 2 is 1.73 bits per heavy atom. The van der Waals surface area contributed by atoms with Crippen molar-refractivity contribution < 1.29 is 14.4 Å². The zero-order chi connectivity index (χ0) is 20.9. The second-order valence-electron chi connectivity index (χ2n) is 7.82. The van der Waals surface area contributed by atoms with Crippen molar-refractivity contribution in [3.63, 3.8) is 0 Å². The third-order valence-corrected chi connectivity index (χ3v) is 5.93. The number of fused-ring (bicyclic) bond motifs is 1.